The molecule has 108 valence electrons. The lowest BCUT2D eigenvalue weighted by Crippen LogP contribution is -2.42. The summed E-state index contributed by atoms with van der Waals surface area (Å²) >= 11 is 0. The Balaban J connectivity index is 1.72. The average Bonchev–Trinajstić information content (AvgIpc) is 3.10. The largest absolute Gasteiger partial charge is 0.379 e. The molecule has 0 spiro atoms. The van der Waals surface area contributed by atoms with E-state index in [0.717, 1.165) is 12.8 Å². The number of hydrogen-bond acceptors (Lipinski definition) is 3. The van der Waals surface area contributed by atoms with Crippen LogP contribution in [0.5, 0.6) is 0 Å². The van der Waals surface area contributed by atoms with Crippen LogP contribution >= 0.6 is 0 Å². The highest BCUT2D eigenvalue weighted by atomic mass is 32.2. The molecule has 1 aliphatic heterocycles. The number of rotatable bonds is 3. The van der Waals surface area contributed by atoms with E-state index in [1.54, 1.807) is 36.5 Å². The number of aromatic nitrogens is 4. The summed E-state index contributed by atoms with van der Waals surface area (Å²) in [4.78, 5) is 0. The van der Waals surface area contributed by atoms with E-state index in [2.05, 4.69) is 5.10 Å². The molecule has 0 N–H and O–H groups in total. The first kappa shape index (κ1) is 13.3. The Hall–Kier alpha value is -1.67. The van der Waals surface area contributed by atoms with Gasteiger partial charge in [-0.25, -0.2) is 4.57 Å². The average molecular weight is 296 g/mol. The van der Waals surface area contributed by atoms with E-state index < -0.39 is 10.2 Å². The molecular weight excluding hydrogens is 278 g/mol. The summed E-state index contributed by atoms with van der Waals surface area (Å²) in [5.74, 6) is 0. The van der Waals surface area contributed by atoms with Crippen molar-refractivity contribution < 1.29 is 13.0 Å². The summed E-state index contributed by atoms with van der Waals surface area (Å²) in [6.07, 6.45) is 10.1. The molecule has 0 radical (unpaired) electrons. The molecule has 20 heavy (non-hydrogen) atoms. The van der Waals surface area contributed by atoms with Gasteiger partial charge in [-0.05, 0) is 18.9 Å². The van der Waals surface area contributed by atoms with Gasteiger partial charge < -0.3 is 0 Å². The summed E-state index contributed by atoms with van der Waals surface area (Å²) in [5.41, 5.74) is 0. The minimum atomic E-state index is -3.43. The van der Waals surface area contributed by atoms with Crippen LogP contribution in [-0.4, -0.2) is 39.6 Å². The maximum atomic E-state index is 12.4. The fraction of sp³-hybridized carbons (Fsp3) is 0.500. The fourth-order valence-electron chi connectivity index (χ4n) is 2.53. The van der Waals surface area contributed by atoms with Crippen LogP contribution in [0.25, 0.3) is 0 Å². The molecule has 0 aliphatic carbocycles. The van der Waals surface area contributed by atoms with Crippen molar-refractivity contribution >= 4 is 10.2 Å². The summed E-state index contributed by atoms with van der Waals surface area (Å²) in [5, 5.41) is 4.23. The second-order valence-corrected chi connectivity index (χ2v) is 6.87. The monoisotopic (exact) mass is 296 g/mol. The highest BCUT2D eigenvalue weighted by Crippen LogP contribution is 2.23. The minimum Gasteiger partial charge on any atom is -0.270 e. The van der Waals surface area contributed by atoms with E-state index in [1.807, 2.05) is 16.9 Å². The molecule has 8 heteroatoms. The molecule has 1 aliphatic rings. The standard InChI is InChI=1S/C12H18N5O2S/c1-14-9-10-16(11-14)20(18,19)15-7-3-12(4-8-15)17-6-2-5-13-17/h2,5-6,9-12H,3-4,7-8H2,1H3/q+1. The van der Waals surface area contributed by atoms with Crippen LogP contribution in [-0.2, 0) is 17.3 Å². The van der Waals surface area contributed by atoms with E-state index in [9.17, 15) is 8.42 Å². The summed E-state index contributed by atoms with van der Waals surface area (Å²) in [6.45, 7) is 1.05. The smallest absolute Gasteiger partial charge is 0.270 e. The second-order valence-electron chi connectivity index (χ2n) is 5.03. The lowest BCUT2D eigenvalue weighted by atomic mass is 10.1. The fourth-order valence-corrected chi connectivity index (χ4v) is 3.95. The Bertz CT molecular complexity index is 669. The molecule has 2 aromatic heterocycles. The molecule has 1 fully saturated rings. The Kier molecular flexibility index (Phi) is 3.35. The van der Waals surface area contributed by atoms with Gasteiger partial charge >= 0.3 is 10.2 Å². The zero-order valence-electron chi connectivity index (χ0n) is 11.3. The molecule has 0 unspecified atom stereocenters. The molecule has 1 saturated heterocycles. The predicted octanol–water partition coefficient (Wildman–Crippen LogP) is -0.0609. The Labute approximate surface area is 118 Å². The Morgan fingerprint density at radius 1 is 1.25 bits per heavy atom. The van der Waals surface area contributed by atoms with Crippen LogP contribution in [0.15, 0.2) is 37.2 Å². The van der Waals surface area contributed by atoms with Gasteiger partial charge in [0.15, 0.2) is 0 Å². The van der Waals surface area contributed by atoms with Gasteiger partial charge in [0.2, 0.25) is 0 Å². The molecular formula is C12H18N5O2S+. The zero-order chi connectivity index (χ0) is 14.2. The van der Waals surface area contributed by atoms with Gasteiger partial charge in [0.25, 0.3) is 6.33 Å². The quantitative estimate of drug-likeness (QED) is 0.745. The van der Waals surface area contributed by atoms with Crippen molar-refractivity contribution in [1.82, 2.24) is 18.1 Å². The van der Waals surface area contributed by atoms with Gasteiger partial charge in [-0.2, -0.15) is 17.8 Å². The Morgan fingerprint density at radius 2 is 2.00 bits per heavy atom. The Morgan fingerprint density at radius 3 is 2.55 bits per heavy atom. The molecule has 3 heterocycles. The first-order valence-corrected chi connectivity index (χ1v) is 8.00. The van der Waals surface area contributed by atoms with Gasteiger partial charge in [0, 0.05) is 25.5 Å². The number of piperidine rings is 1. The number of nitrogens with zero attached hydrogens (tertiary/aromatic N) is 5. The van der Waals surface area contributed by atoms with Crippen LogP contribution < -0.4 is 4.57 Å². The normalized spacial score (nSPS) is 18.4. The van der Waals surface area contributed by atoms with Crippen molar-refractivity contribution in [2.24, 2.45) is 7.05 Å². The topological polar surface area (TPSA) is 64.0 Å². The maximum Gasteiger partial charge on any atom is 0.379 e. The van der Waals surface area contributed by atoms with Gasteiger partial charge in [-0.3, -0.25) is 4.68 Å². The molecule has 3 rings (SSSR count). The molecule has 0 atom stereocenters. The van der Waals surface area contributed by atoms with Gasteiger partial charge in [0.05, 0.1) is 13.1 Å². The van der Waals surface area contributed by atoms with E-state index in [-0.39, 0.29) is 6.04 Å². The number of aryl methyl sites for hydroxylation is 1. The molecule has 0 saturated carbocycles. The number of hydrogen-bond donors (Lipinski definition) is 0. The van der Waals surface area contributed by atoms with Gasteiger partial charge in [-0.1, -0.05) is 0 Å². The molecule has 2 aromatic rings. The second kappa shape index (κ2) is 5.02. The third-order valence-corrected chi connectivity index (χ3v) is 5.43. The number of imidazole rings is 1. The van der Waals surface area contributed by atoms with Crippen LogP contribution in [0.1, 0.15) is 18.9 Å². The van der Waals surface area contributed by atoms with Crippen molar-refractivity contribution in [2.75, 3.05) is 13.1 Å². The van der Waals surface area contributed by atoms with Crippen LogP contribution in [0.2, 0.25) is 0 Å². The highest BCUT2D eigenvalue weighted by molar-refractivity contribution is 7.87. The van der Waals surface area contributed by atoms with Crippen molar-refractivity contribution in [2.45, 2.75) is 18.9 Å². The molecule has 0 aromatic carbocycles. The molecule has 7 nitrogen and oxygen atoms in total. The van der Waals surface area contributed by atoms with Crippen LogP contribution in [0.4, 0.5) is 0 Å². The third kappa shape index (κ3) is 2.36. The third-order valence-electron chi connectivity index (χ3n) is 3.66. The van der Waals surface area contributed by atoms with E-state index in [0.29, 0.717) is 13.1 Å². The van der Waals surface area contributed by atoms with E-state index in [4.69, 9.17) is 0 Å². The lowest BCUT2D eigenvalue weighted by Gasteiger charge is -2.29. The van der Waals surface area contributed by atoms with Gasteiger partial charge in [0.1, 0.15) is 12.4 Å². The summed E-state index contributed by atoms with van der Waals surface area (Å²) < 4.78 is 31.3. The molecule has 0 bridgehead atoms. The van der Waals surface area contributed by atoms with Crippen LogP contribution in [0, 0.1) is 0 Å². The van der Waals surface area contributed by atoms with Crippen molar-refractivity contribution in [3.63, 3.8) is 0 Å². The van der Waals surface area contributed by atoms with Gasteiger partial charge in [-0.15, -0.1) is 3.97 Å². The molecule has 0 amide bonds. The van der Waals surface area contributed by atoms with Crippen molar-refractivity contribution in [1.29, 1.82) is 0 Å². The van der Waals surface area contributed by atoms with E-state index in [1.165, 1.54) is 8.28 Å². The summed E-state index contributed by atoms with van der Waals surface area (Å²) in [7, 11) is -1.63. The first-order chi connectivity index (χ1) is 9.57. The van der Waals surface area contributed by atoms with Crippen molar-refractivity contribution in [3.05, 3.63) is 37.2 Å². The minimum absolute atomic E-state index is 0.289. The van der Waals surface area contributed by atoms with Crippen molar-refractivity contribution in [3.8, 4) is 0 Å². The van der Waals surface area contributed by atoms with Crippen LogP contribution in [0.3, 0.4) is 0 Å². The maximum absolute atomic E-state index is 12.4. The van der Waals surface area contributed by atoms with E-state index >= 15 is 0 Å². The predicted molar refractivity (Wildman–Crippen MR) is 72.0 cm³/mol. The lowest BCUT2D eigenvalue weighted by molar-refractivity contribution is -0.670. The SMILES string of the molecule is C[n+]1ccn(S(=O)(=O)N2CCC(n3cccn3)CC2)c1. The first-order valence-electron chi connectivity index (χ1n) is 6.60. The highest BCUT2D eigenvalue weighted by Gasteiger charge is 2.33. The zero-order valence-corrected chi connectivity index (χ0v) is 12.1. The summed E-state index contributed by atoms with van der Waals surface area (Å²) in [6, 6.07) is 2.18.